The summed E-state index contributed by atoms with van der Waals surface area (Å²) >= 11 is 0. The second-order valence-corrected chi connectivity index (χ2v) is 19.6. The Kier molecular flexibility index (Phi) is 15.4. The Bertz CT molecular complexity index is 3330. The molecule has 0 saturated carbocycles. The van der Waals surface area contributed by atoms with Gasteiger partial charge in [0.2, 0.25) is 15.9 Å². The van der Waals surface area contributed by atoms with Gasteiger partial charge in [-0.15, -0.1) is 0 Å². The first-order valence-corrected chi connectivity index (χ1v) is 24.2. The molecular formula is C56H64N4O7S. The van der Waals surface area contributed by atoms with Crippen molar-refractivity contribution in [3.05, 3.63) is 125 Å². The maximum Gasteiger partial charge on any atom is 0.333 e. The summed E-state index contributed by atoms with van der Waals surface area (Å²) in [7, 11) is -4.23. The highest BCUT2D eigenvalue weighted by Gasteiger charge is 2.28. The highest BCUT2D eigenvalue weighted by atomic mass is 32.2. The van der Waals surface area contributed by atoms with Gasteiger partial charge in [0.1, 0.15) is 6.04 Å². The van der Waals surface area contributed by atoms with Crippen LogP contribution in [-0.4, -0.2) is 57.1 Å². The van der Waals surface area contributed by atoms with Crippen LogP contribution >= 0.6 is 0 Å². The number of rotatable bonds is 17. The first-order valence-electron chi connectivity index (χ1n) is 22.7. The van der Waals surface area contributed by atoms with E-state index < -0.39 is 22.0 Å². The summed E-state index contributed by atoms with van der Waals surface area (Å²) in [6, 6.07) is 23.3. The van der Waals surface area contributed by atoms with Crippen LogP contribution in [0, 0.1) is 34.6 Å². The van der Waals surface area contributed by atoms with Crippen LogP contribution in [-0.2, 0) is 29.1 Å². The lowest BCUT2D eigenvalue weighted by atomic mass is 9.88. The molecule has 0 fully saturated rings. The topological polar surface area (TPSA) is 177 Å². The molecule has 0 radical (unpaired) electrons. The van der Waals surface area contributed by atoms with Crippen LogP contribution in [0.25, 0.3) is 64.6 Å². The molecule has 0 aliphatic rings. The minimum atomic E-state index is -4.23. The average Bonchev–Trinajstić information content (AvgIpc) is 3.28. The van der Waals surface area contributed by atoms with Gasteiger partial charge in [0.05, 0.1) is 11.5 Å². The molecular weight excluding hydrogens is 873 g/mol. The summed E-state index contributed by atoms with van der Waals surface area (Å²) in [5.74, 6) is -1.85. The summed E-state index contributed by atoms with van der Waals surface area (Å²) in [6.45, 7) is 22.7. The van der Waals surface area contributed by atoms with E-state index >= 15 is 0 Å². The number of esters is 1. The highest BCUT2D eigenvalue weighted by molar-refractivity contribution is 7.89. The predicted molar refractivity (Wildman–Crippen MR) is 282 cm³/mol. The summed E-state index contributed by atoms with van der Waals surface area (Å²) < 4.78 is 34.6. The number of benzene rings is 8. The number of nitrogens with two attached hydrogens (primary N) is 1. The SMILES string of the molecule is C.C=C(C)C(=O)NCCCCC(NS(=O)(=O)c1cc(N)c2ccc3c(C)cc(C)c4ccc1c2c34)C(=O)O.C=C(C)C(=O)OCCCCNc1cc(C)c2ccc3c(C)cc(C)c4ccc1c2c34. The van der Waals surface area contributed by atoms with E-state index in [9.17, 15) is 27.9 Å². The maximum atomic E-state index is 13.5. The van der Waals surface area contributed by atoms with E-state index in [1.807, 2.05) is 32.0 Å². The lowest BCUT2D eigenvalue weighted by molar-refractivity contribution is -0.140. The zero-order valence-electron chi connectivity index (χ0n) is 39.5. The van der Waals surface area contributed by atoms with Gasteiger partial charge in [0.25, 0.3) is 0 Å². The molecule has 0 saturated heterocycles. The Balaban J connectivity index is 0.000000225. The fraction of sp³-hybridized carbons (Fsp3) is 0.304. The van der Waals surface area contributed by atoms with Crippen LogP contribution in [0.1, 0.15) is 81.2 Å². The number of anilines is 2. The quantitative estimate of drug-likeness (QED) is 0.0195. The molecule has 0 aromatic heterocycles. The monoisotopic (exact) mass is 936 g/mol. The Morgan fingerprint density at radius 2 is 1.09 bits per heavy atom. The van der Waals surface area contributed by atoms with Crippen molar-refractivity contribution in [2.24, 2.45) is 0 Å². The van der Waals surface area contributed by atoms with E-state index in [2.05, 4.69) is 91.7 Å². The number of aliphatic carboxylic acids is 1. The van der Waals surface area contributed by atoms with Crippen LogP contribution < -0.4 is 21.1 Å². The number of carbonyl (C=O) groups is 3. The molecule has 8 aromatic rings. The van der Waals surface area contributed by atoms with Gasteiger partial charge < -0.3 is 26.2 Å². The Labute approximate surface area is 399 Å². The number of carboxylic acid groups (broad SMARTS) is 1. The lowest BCUT2D eigenvalue weighted by Crippen LogP contribution is -2.40. The number of aryl methyl sites for hydroxylation is 5. The Morgan fingerprint density at radius 1 is 0.632 bits per heavy atom. The molecule has 6 N–H and O–H groups in total. The Hall–Kier alpha value is -6.76. The van der Waals surface area contributed by atoms with Gasteiger partial charge in [-0.25, -0.2) is 13.2 Å². The van der Waals surface area contributed by atoms with Crippen molar-refractivity contribution >= 4 is 104 Å². The smallest absolute Gasteiger partial charge is 0.333 e. The van der Waals surface area contributed by atoms with Crippen LogP contribution in [0.2, 0.25) is 0 Å². The third kappa shape index (κ3) is 10.1. The van der Waals surface area contributed by atoms with Crippen molar-refractivity contribution in [3.63, 3.8) is 0 Å². The standard InChI is InChI=1S/C28H31N3O5S.C27H29NO2.CH4/c1-15(2)27(32)30-12-6-5-7-23(28(33)34)31-37(35,36)24-14-22(29)20-10-8-18-16(3)13-17(4)19-9-11-21(24)26(20)25(18)19;1-16(2)27(29)30-13-7-6-12-28-24-15-19(5)22-9-8-20-17(3)14-18(4)21-10-11-23(24)26(22)25(20)21;/h8-11,13-14,23,31H,1,5-7,12,29H2,2-4H3,(H,30,32)(H,33,34);8-11,14-15,28H,1,6-7,12-13H2,2-5H3;1H4. The number of sulfonamides is 1. The summed E-state index contributed by atoms with van der Waals surface area (Å²) in [6.07, 6.45) is 2.72. The second-order valence-electron chi connectivity index (χ2n) is 18.0. The van der Waals surface area contributed by atoms with Crippen molar-refractivity contribution in [2.45, 2.75) is 98.9 Å². The number of amides is 1. The summed E-state index contributed by atoms with van der Waals surface area (Å²) in [5.41, 5.74) is 14.8. The van der Waals surface area contributed by atoms with Gasteiger partial charge in [0.15, 0.2) is 0 Å². The largest absolute Gasteiger partial charge is 0.480 e. The molecule has 12 heteroatoms. The van der Waals surface area contributed by atoms with Gasteiger partial charge in [-0.2, -0.15) is 4.72 Å². The molecule has 68 heavy (non-hydrogen) atoms. The molecule has 11 nitrogen and oxygen atoms in total. The zero-order chi connectivity index (χ0) is 48.5. The molecule has 1 unspecified atom stereocenters. The van der Waals surface area contributed by atoms with Crippen molar-refractivity contribution in [3.8, 4) is 0 Å². The number of unbranched alkanes of at least 4 members (excludes halogenated alkanes) is 2. The molecule has 356 valence electrons. The van der Waals surface area contributed by atoms with Gasteiger partial charge in [0, 0.05) is 57.2 Å². The van der Waals surface area contributed by atoms with Crippen LogP contribution in [0.15, 0.2) is 102 Å². The fourth-order valence-electron chi connectivity index (χ4n) is 9.35. The van der Waals surface area contributed by atoms with E-state index in [0.29, 0.717) is 48.2 Å². The molecule has 8 rings (SSSR count). The minimum absolute atomic E-state index is 0. The van der Waals surface area contributed by atoms with E-state index in [4.69, 9.17) is 10.5 Å². The first-order chi connectivity index (χ1) is 31.8. The van der Waals surface area contributed by atoms with Crippen LogP contribution in [0.4, 0.5) is 11.4 Å². The normalized spacial score (nSPS) is 12.0. The first kappa shape index (κ1) is 50.6. The molecule has 8 aromatic carbocycles. The Morgan fingerprint density at radius 3 is 1.60 bits per heavy atom. The van der Waals surface area contributed by atoms with Gasteiger partial charge in [-0.1, -0.05) is 81.2 Å². The second kappa shape index (κ2) is 20.6. The third-order valence-corrected chi connectivity index (χ3v) is 14.3. The van der Waals surface area contributed by atoms with E-state index in [1.165, 1.54) is 60.8 Å². The number of hydrogen-bond acceptors (Lipinski definition) is 8. The summed E-state index contributed by atoms with van der Waals surface area (Å²) in [4.78, 5) is 34.9. The highest BCUT2D eigenvalue weighted by Crippen LogP contribution is 2.43. The molecule has 0 bridgehead atoms. The van der Waals surface area contributed by atoms with Gasteiger partial charge in [-0.3, -0.25) is 9.59 Å². The van der Waals surface area contributed by atoms with Gasteiger partial charge in [-0.05, 0) is 164 Å². The van der Waals surface area contributed by atoms with E-state index in [1.54, 1.807) is 19.9 Å². The predicted octanol–water partition coefficient (Wildman–Crippen LogP) is 11.8. The average molecular weight is 937 g/mol. The number of nitrogens with one attached hydrogen (secondary N) is 3. The molecule has 1 atom stereocenters. The lowest BCUT2D eigenvalue weighted by Gasteiger charge is -2.20. The molecule has 0 heterocycles. The number of ether oxygens (including phenoxy) is 1. The van der Waals surface area contributed by atoms with Crippen molar-refractivity contribution < 1.29 is 32.6 Å². The van der Waals surface area contributed by atoms with Crippen LogP contribution in [0.3, 0.4) is 0 Å². The summed E-state index contributed by atoms with van der Waals surface area (Å²) in [5, 5.41) is 29.0. The molecule has 1 amide bonds. The van der Waals surface area contributed by atoms with Crippen LogP contribution in [0.5, 0.6) is 0 Å². The molecule has 0 aliphatic heterocycles. The van der Waals surface area contributed by atoms with Crippen molar-refractivity contribution in [1.82, 2.24) is 10.0 Å². The van der Waals surface area contributed by atoms with Crippen molar-refractivity contribution in [2.75, 3.05) is 30.7 Å². The molecule has 0 aliphatic carbocycles. The zero-order valence-corrected chi connectivity index (χ0v) is 40.3. The molecule has 0 spiro atoms. The van der Waals surface area contributed by atoms with E-state index in [-0.39, 0.29) is 30.6 Å². The minimum Gasteiger partial charge on any atom is -0.480 e. The fourth-order valence-corrected chi connectivity index (χ4v) is 10.8. The number of carboxylic acids is 1. The number of carbonyl (C=O) groups excluding carboxylic acids is 2. The maximum absolute atomic E-state index is 13.5. The van der Waals surface area contributed by atoms with E-state index in [0.717, 1.165) is 57.4 Å². The van der Waals surface area contributed by atoms with Crippen molar-refractivity contribution in [1.29, 1.82) is 0 Å². The number of hydrogen-bond donors (Lipinski definition) is 5. The third-order valence-electron chi connectivity index (χ3n) is 12.8. The number of nitrogen functional groups attached to an aromatic ring is 1. The van der Waals surface area contributed by atoms with Gasteiger partial charge >= 0.3 is 11.9 Å².